The molecule has 0 amide bonds. The average Bonchev–Trinajstić information content (AvgIpc) is 2.58. The molecule has 0 radical (unpaired) electrons. The first-order valence-electron chi connectivity index (χ1n) is 7.73. The maximum absolute atomic E-state index is 11.7. The quantitative estimate of drug-likeness (QED) is 0.185. The van der Waals surface area contributed by atoms with E-state index in [4.69, 9.17) is 5.73 Å². The van der Waals surface area contributed by atoms with Gasteiger partial charge in [-0.05, 0) is 48.9 Å². The number of nitrogen functional groups attached to an aromatic ring is 1. The van der Waals surface area contributed by atoms with Gasteiger partial charge in [0.05, 0.1) is 21.2 Å². The maximum atomic E-state index is 11.7. The molecule has 0 heterocycles. The van der Waals surface area contributed by atoms with E-state index in [0.717, 1.165) is 12.1 Å². The third-order valence-electron chi connectivity index (χ3n) is 3.94. The number of hydrogen-bond donors (Lipinski definition) is 1. The number of fused-ring (bicyclic) bond motifs is 1. The number of nitrogens with two attached hydrogens (primary N) is 1. The van der Waals surface area contributed by atoms with Gasteiger partial charge in [-0.3, -0.25) is 0 Å². The van der Waals surface area contributed by atoms with Gasteiger partial charge >= 0.3 is 59.1 Å². The Morgan fingerprint density at radius 3 is 2.00 bits per heavy atom. The SMILES string of the molecule is Cc1cc(N)ccc1N=Nc1cc(S(=O)(=O)[O-])c2cccc(S(=O)(=O)[O-])c2c1.[Na+].[Na+]. The fourth-order valence-electron chi connectivity index (χ4n) is 2.69. The summed E-state index contributed by atoms with van der Waals surface area (Å²) in [5.74, 6) is 0. The van der Waals surface area contributed by atoms with Crippen LogP contribution < -0.4 is 64.8 Å². The molecule has 3 rings (SSSR count). The second-order valence-electron chi connectivity index (χ2n) is 5.95. The minimum absolute atomic E-state index is 0. The van der Waals surface area contributed by atoms with Crippen LogP contribution in [0.3, 0.4) is 0 Å². The van der Waals surface area contributed by atoms with Crippen LogP contribution in [-0.2, 0) is 20.2 Å². The smallest absolute Gasteiger partial charge is 0.744 e. The first-order valence-corrected chi connectivity index (χ1v) is 10.5. The van der Waals surface area contributed by atoms with E-state index in [-0.39, 0.29) is 75.6 Å². The summed E-state index contributed by atoms with van der Waals surface area (Å²) in [6, 6.07) is 10.4. The van der Waals surface area contributed by atoms with E-state index < -0.39 is 30.0 Å². The summed E-state index contributed by atoms with van der Waals surface area (Å²) in [5.41, 5.74) is 7.21. The molecule has 30 heavy (non-hydrogen) atoms. The van der Waals surface area contributed by atoms with Crippen molar-refractivity contribution < 1.29 is 85.1 Å². The summed E-state index contributed by atoms with van der Waals surface area (Å²) in [4.78, 5) is -1.35. The van der Waals surface area contributed by atoms with E-state index in [1.54, 1.807) is 25.1 Å². The summed E-state index contributed by atoms with van der Waals surface area (Å²) >= 11 is 0. The van der Waals surface area contributed by atoms with Crippen molar-refractivity contribution in [3.05, 3.63) is 54.1 Å². The molecule has 0 aliphatic heterocycles. The Bertz CT molecular complexity index is 1340. The zero-order valence-electron chi connectivity index (χ0n) is 16.4. The van der Waals surface area contributed by atoms with Crippen LogP contribution in [0.15, 0.2) is 68.6 Å². The van der Waals surface area contributed by atoms with Gasteiger partial charge in [-0.1, -0.05) is 12.1 Å². The fraction of sp³-hybridized carbons (Fsp3) is 0.0588. The van der Waals surface area contributed by atoms with Crippen LogP contribution in [0.2, 0.25) is 0 Å². The summed E-state index contributed by atoms with van der Waals surface area (Å²) in [7, 11) is -9.90. The Kier molecular flexibility index (Phi) is 9.21. The van der Waals surface area contributed by atoms with Gasteiger partial charge in [-0.2, -0.15) is 10.2 Å². The third kappa shape index (κ3) is 6.10. The number of nitrogens with zero attached hydrogens (tertiary/aromatic N) is 2. The predicted octanol–water partition coefficient (Wildman–Crippen LogP) is -3.04. The van der Waals surface area contributed by atoms with Crippen molar-refractivity contribution in [2.45, 2.75) is 16.7 Å². The van der Waals surface area contributed by atoms with E-state index in [9.17, 15) is 25.9 Å². The fourth-order valence-corrected chi connectivity index (χ4v) is 4.09. The maximum Gasteiger partial charge on any atom is 1.00 e. The molecule has 0 aromatic heterocycles. The third-order valence-corrected chi connectivity index (χ3v) is 5.71. The number of hydrogen-bond acceptors (Lipinski definition) is 9. The van der Waals surface area contributed by atoms with Gasteiger partial charge in [0, 0.05) is 16.5 Å². The molecule has 0 spiro atoms. The van der Waals surface area contributed by atoms with E-state index in [0.29, 0.717) is 16.9 Å². The number of benzene rings is 3. The molecule has 0 saturated carbocycles. The van der Waals surface area contributed by atoms with Gasteiger partial charge in [-0.15, -0.1) is 0 Å². The van der Waals surface area contributed by atoms with Gasteiger partial charge < -0.3 is 14.8 Å². The Balaban J connectivity index is 0.00000225. The summed E-state index contributed by atoms with van der Waals surface area (Å²) in [6.45, 7) is 1.74. The molecule has 0 bridgehead atoms. The summed E-state index contributed by atoms with van der Waals surface area (Å²) < 4.78 is 69.5. The van der Waals surface area contributed by atoms with Crippen molar-refractivity contribution in [2.75, 3.05) is 5.73 Å². The number of aryl methyl sites for hydroxylation is 1. The van der Waals surface area contributed by atoms with E-state index >= 15 is 0 Å². The zero-order chi connectivity index (χ0) is 20.7. The van der Waals surface area contributed by atoms with Gasteiger partial charge in [0.2, 0.25) is 0 Å². The standard InChI is InChI=1S/C17H15N3O6S2.2Na/c1-10-7-11(18)5-6-15(10)20-19-12-8-14-13(17(9-12)28(24,25)26)3-2-4-16(14)27(21,22)23;;/h2-9H,18H2,1H3,(H,21,22,23)(H,24,25,26);;/q;2*+1/p-2. The normalized spacial score (nSPS) is 11.8. The molecule has 3 aromatic rings. The molecule has 0 unspecified atom stereocenters. The van der Waals surface area contributed by atoms with Gasteiger partial charge in [-0.25, -0.2) is 16.8 Å². The molecule has 2 N–H and O–H groups in total. The van der Waals surface area contributed by atoms with Crippen molar-refractivity contribution in [3.8, 4) is 0 Å². The molecule has 146 valence electrons. The topological polar surface area (TPSA) is 165 Å². The van der Waals surface area contributed by atoms with Crippen molar-refractivity contribution in [2.24, 2.45) is 10.2 Å². The monoisotopic (exact) mass is 465 g/mol. The molecular formula is C17H13N3Na2O6S2. The molecule has 0 aliphatic carbocycles. The largest absolute Gasteiger partial charge is 1.00 e. The van der Waals surface area contributed by atoms with Crippen LogP contribution in [0.25, 0.3) is 10.8 Å². The number of rotatable bonds is 4. The van der Waals surface area contributed by atoms with Gasteiger partial charge in [0.25, 0.3) is 0 Å². The molecule has 3 aromatic carbocycles. The van der Waals surface area contributed by atoms with Crippen LogP contribution >= 0.6 is 0 Å². The minimum Gasteiger partial charge on any atom is -0.744 e. The Morgan fingerprint density at radius 1 is 0.800 bits per heavy atom. The molecule has 13 heteroatoms. The molecule has 0 fully saturated rings. The molecule has 9 nitrogen and oxygen atoms in total. The van der Waals surface area contributed by atoms with Crippen molar-refractivity contribution in [1.82, 2.24) is 0 Å². The number of anilines is 1. The average molecular weight is 465 g/mol. The van der Waals surface area contributed by atoms with Crippen LogP contribution in [0, 0.1) is 6.92 Å². The van der Waals surface area contributed by atoms with Crippen LogP contribution in [0.4, 0.5) is 17.1 Å². The van der Waals surface area contributed by atoms with Gasteiger partial charge in [0.15, 0.2) is 0 Å². The summed E-state index contributed by atoms with van der Waals surface area (Å²) in [5, 5.41) is 7.47. The van der Waals surface area contributed by atoms with E-state index in [1.165, 1.54) is 18.2 Å². The molecule has 0 saturated heterocycles. The Labute approximate surface area is 217 Å². The van der Waals surface area contributed by atoms with Crippen molar-refractivity contribution >= 4 is 48.1 Å². The van der Waals surface area contributed by atoms with Crippen LogP contribution in [0.5, 0.6) is 0 Å². The van der Waals surface area contributed by atoms with Crippen LogP contribution in [-0.4, -0.2) is 25.9 Å². The van der Waals surface area contributed by atoms with Crippen molar-refractivity contribution in [1.29, 1.82) is 0 Å². The van der Waals surface area contributed by atoms with Crippen molar-refractivity contribution in [3.63, 3.8) is 0 Å². The second kappa shape index (κ2) is 10.2. The van der Waals surface area contributed by atoms with E-state index in [1.807, 2.05) is 0 Å². The molecular weight excluding hydrogens is 452 g/mol. The Morgan fingerprint density at radius 2 is 1.43 bits per heavy atom. The molecule has 0 atom stereocenters. The minimum atomic E-state index is -4.98. The van der Waals surface area contributed by atoms with Crippen LogP contribution in [0.1, 0.15) is 5.56 Å². The van der Waals surface area contributed by atoms with Gasteiger partial charge in [0.1, 0.15) is 20.2 Å². The molecule has 0 aliphatic rings. The zero-order valence-corrected chi connectivity index (χ0v) is 22.0. The number of azo groups is 1. The Hall–Kier alpha value is -0.860. The predicted molar refractivity (Wildman–Crippen MR) is 99.6 cm³/mol. The van der Waals surface area contributed by atoms with E-state index in [2.05, 4.69) is 10.2 Å². The first-order chi connectivity index (χ1) is 13.0. The second-order valence-corrected chi connectivity index (χ2v) is 8.65. The first kappa shape index (κ1) is 27.2. The summed E-state index contributed by atoms with van der Waals surface area (Å²) in [6.07, 6.45) is 0.